The van der Waals surface area contributed by atoms with E-state index in [9.17, 15) is 9.59 Å². The average molecular weight is 420 g/mol. The molecule has 7 nitrogen and oxygen atoms in total. The number of anilines is 1. The number of hydrogen-bond donors (Lipinski definition) is 3. The highest BCUT2D eigenvalue weighted by Gasteiger charge is 2.29. The molecule has 4 rings (SSSR count). The maximum absolute atomic E-state index is 12.0. The first-order chi connectivity index (χ1) is 14.8. The van der Waals surface area contributed by atoms with Crippen LogP contribution in [-0.4, -0.2) is 27.5 Å². The second-order valence-electron chi connectivity index (χ2n) is 8.70. The molecule has 2 amide bonds. The van der Waals surface area contributed by atoms with Crippen LogP contribution in [0.5, 0.6) is 0 Å². The predicted molar refractivity (Wildman–Crippen MR) is 122 cm³/mol. The summed E-state index contributed by atoms with van der Waals surface area (Å²) in [7, 11) is 0. The summed E-state index contributed by atoms with van der Waals surface area (Å²) in [6, 6.07) is 10.3. The standard InChI is InChI=1S/C24H29N5O2/c1-14(2)24(31)26-11-16-5-4-6-18(9-16)19-10-21-22(28-15(3)17-7-8-17)20(23(25)30)12-27-29(21)13-19/h4-6,9-10,12-15,17,28H,7-8,11H2,1-3H3,(H2,25,30)(H,26,31). The fourth-order valence-electron chi connectivity index (χ4n) is 3.75. The Balaban J connectivity index is 1.67. The summed E-state index contributed by atoms with van der Waals surface area (Å²) >= 11 is 0. The molecule has 31 heavy (non-hydrogen) atoms. The van der Waals surface area contributed by atoms with E-state index in [0.717, 1.165) is 27.9 Å². The van der Waals surface area contributed by atoms with Crippen molar-refractivity contribution in [2.45, 2.75) is 46.2 Å². The molecule has 162 valence electrons. The first kappa shape index (κ1) is 20.9. The number of fused-ring (bicyclic) bond motifs is 1. The van der Waals surface area contributed by atoms with Crippen molar-refractivity contribution in [2.75, 3.05) is 5.32 Å². The molecule has 1 saturated carbocycles. The molecule has 1 aliphatic carbocycles. The van der Waals surface area contributed by atoms with E-state index in [1.54, 1.807) is 4.52 Å². The Morgan fingerprint density at radius 1 is 1.19 bits per heavy atom. The second kappa shape index (κ2) is 8.41. The molecule has 0 aliphatic heterocycles. The number of carbonyl (C=O) groups excluding carboxylic acids is 2. The first-order valence-corrected chi connectivity index (χ1v) is 10.8. The first-order valence-electron chi connectivity index (χ1n) is 10.8. The largest absolute Gasteiger partial charge is 0.380 e. The highest BCUT2D eigenvalue weighted by atomic mass is 16.2. The zero-order valence-electron chi connectivity index (χ0n) is 18.2. The van der Waals surface area contributed by atoms with Gasteiger partial charge in [0, 0.05) is 30.3 Å². The third-order valence-corrected chi connectivity index (χ3v) is 5.86. The van der Waals surface area contributed by atoms with Crippen molar-refractivity contribution in [3.8, 4) is 11.1 Å². The van der Waals surface area contributed by atoms with Crippen LogP contribution >= 0.6 is 0 Å². The van der Waals surface area contributed by atoms with E-state index in [1.807, 2.05) is 44.3 Å². The Morgan fingerprint density at radius 2 is 1.97 bits per heavy atom. The number of primary amides is 1. The van der Waals surface area contributed by atoms with Crippen LogP contribution in [0.4, 0.5) is 5.69 Å². The number of carbonyl (C=O) groups is 2. The molecule has 0 radical (unpaired) electrons. The van der Waals surface area contributed by atoms with Crippen molar-refractivity contribution in [1.29, 1.82) is 0 Å². The molecule has 2 heterocycles. The molecule has 7 heteroatoms. The molecule has 0 saturated heterocycles. The van der Waals surface area contributed by atoms with Crippen LogP contribution in [0.25, 0.3) is 16.6 Å². The van der Waals surface area contributed by atoms with Gasteiger partial charge in [0.1, 0.15) is 0 Å². The Hall–Kier alpha value is -3.35. The lowest BCUT2D eigenvalue weighted by Crippen LogP contribution is -2.27. The zero-order valence-corrected chi connectivity index (χ0v) is 18.2. The Bertz CT molecular complexity index is 1130. The van der Waals surface area contributed by atoms with Crippen LogP contribution in [0.15, 0.2) is 42.7 Å². The predicted octanol–water partition coefficient (Wildman–Crippen LogP) is 3.58. The van der Waals surface area contributed by atoms with Gasteiger partial charge >= 0.3 is 0 Å². The number of rotatable bonds is 8. The number of amides is 2. The van der Waals surface area contributed by atoms with Gasteiger partial charge in [0.25, 0.3) is 5.91 Å². The minimum atomic E-state index is -0.494. The van der Waals surface area contributed by atoms with E-state index < -0.39 is 5.91 Å². The second-order valence-corrected chi connectivity index (χ2v) is 8.70. The molecule has 1 fully saturated rings. The van der Waals surface area contributed by atoms with Gasteiger partial charge in [0.05, 0.1) is 23.0 Å². The molecule has 3 aromatic rings. The maximum atomic E-state index is 12.0. The van der Waals surface area contributed by atoms with Gasteiger partial charge in [-0.1, -0.05) is 32.0 Å². The van der Waals surface area contributed by atoms with Crippen LogP contribution in [0, 0.1) is 11.8 Å². The topological polar surface area (TPSA) is 102 Å². The van der Waals surface area contributed by atoms with E-state index in [2.05, 4.69) is 28.7 Å². The zero-order chi connectivity index (χ0) is 22.1. The molecule has 0 bridgehead atoms. The number of nitrogens with one attached hydrogen (secondary N) is 2. The summed E-state index contributed by atoms with van der Waals surface area (Å²) in [5.41, 5.74) is 10.6. The lowest BCUT2D eigenvalue weighted by atomic mass is 10.0. The Kier molecular flexibility index (Phi) is 5.67. The molecule has 1 aromatic carbocycles. The number of nitrogens with two attached hydrogens (primary N) is 1. The minimum Gasteiger partial charge on any atom is -0.380 e. The fourth-order valence-corrected chi connectivity index (χ4v) is 3.75. The number of hydrogen-bond acceptors (Lipinski definition) is 4. The van der Waals surface area contributed by atoms with Gasteiger partial charge in [-0.3, -0.25) is 9.59 Å². The van der Waals surface area contributed by atoms with Crippen molar-refractivity contribution in [3.63, 3.8) is 0 Å². The minimum absolute atomic E-state index is 0.0312. The van der Waals surface area contributed by atoms with E-state index in [-0.39, 0.29) is 17.9 Å². The van der Waals surface area contributed by atoms with Gasteiger partial charge < -0.3 is 16.4 Å². The van der Waals surface area contributed by atoms with Gasteiger partial charge in [-0.05, 0) is 48.9 Å². The van der Waals surface area contributed by atoms with E-state index in [4.69, 9.17) is 5.73 Å². The third-order valence-electron chi connectivity index (χ3n) is 5.86. The van der Waals surface area contributed by atoms with Gasteiger partial charge in [-0.15, -0.1) is 0 Å². The number of aromatic nitrogens is 2. The fraction of sp³-hybridized carbons (Fsp3) is 0.375. The van der Waals surface area contributed by atoms with Gasteiger partial charge in [0.2, 0.25) is 5.91 Å². The molecule has 1 atom stereocenters. The molecular weight excluding hydrogens is 390 g/mol. The summed E-state index contributed by atoms with van der Waals surface area (Å²) in [5.74, 6) is 0.116. The van der Waals surface area contributed by atoms with Crippen LogP contribution in [-0.2, 0) is 11.3 Å². The van der Waals surface area contributed by atoms with Gasteiger partial charge in [-0.2, -0.15) is 5.10 Å². The molecular formula is C24H29N5O2. The molecule has 1 unspecified atom stereocenters. The molecule has 1 aliphatic rings. The number of benzene rings is 1. The highest BCUT2D eigenvalue weighted by Crippen LogP contribution is 2.36. The summed E-state index contributed by atoms with van der Waals surface area (Å²) in [6.45, 7) is 6.37. The SMILES string of the molecule is CC(C)C(=O)NCc1cccc(-c2cc3c(NC(C)C4CC4)c(C(N)=O)cnn3c2)c1. The van der Waals surface area contributed by atoms with Crippen LogP contribution in [0.1, 0.15) is 49.5 Å². The van der Waals surface area contributed by atoms with Gasteiger partial charge in [0.15, 0.2) is 0 Å². The summed E-state index contributed by atoms with van der Waals surface area (Å²) in [4.78, 5) is 23.9. The monoisotopic (exact) mass is 419 g/mol. The smallest absolute Gasteiger partial charge is 0.252 e. The van der Waals surface area contributed by atoms with Crippen LogP contribution < -0.4 is 16.4 Å². The summed E-state index contributed by atoms with van der Waals surface area (Å²) < 4.78 is 1.77. The van der Waals surface area contributed by atoms with Crippen molar-refractivity contribution >= 4 is 23.0 Å². The van der Waals surface area contributed by atoms with Gasteiger partial charge in [-0.25, -0.2) is 4.52 Å². The Labute approximate surface area is 182 Å². The lowest BCUT2D eigenvalue weighted by Gasteiger charge is -2.17. The summed E-state index contributed by atoms with van der Waals surface area (Å²) in [6.07, 6.45) is 5.87. The maximum Gasteiger partial charge on any atom is 0.252 e. The molecule has 0 spiro atoms. The van der Waals surface area contributed by atoms with Crippen LogP contribution in [0.3, 0.4) is 0 Å². The Morgan fingerprint density at radius 3 is 2.65 bits per heavy atom. The van der Waals surface area contributed by atoms with Crippen molar-refractivity contribution in [1.82, 2.24) is 14.9 Å². The lowest BCUT2D eigenvalue weighted by molar-refractivity contribution is -0.124. The van der Waals surface area contributed by atoms with E-state index in [0.29, 0.717) is 18.0 Å². The normalized spacial score (nSPS) is 14.6. The van der Waals surface area contributed by atoms with Crippen molar-refractivity contribution in [3.05, 3.63) is 53.9 Å². The van der Waals surface area contributed by atoms with E-state index in [1.165, 1.54) is 19.0 Å². The summed E-state index contributed by atoms with van der Waals surface area (Å²) in [5, 5.41) is 10.9. The third kappa shape index (κ3) is 4.55. The number of nitrogens with zero attached hydrogens (tertiary/aromatic N) is 2. The average Bonchev–Trinajstić information content (AvgIpc) is 3.50. The highest BCUT2D eigenvalue weighted by molar-refractivity contribution is 6.02. The van der Waals surface area contributed by atoms with E-state index >= 15 is 0 Å². The van der Waals surface area contributed by atoms with Crippen molar-refractivity contribution < 1.29 is 9.59 Å². The quantitative estimate of drug-likeness (QED) is 0.519. The van der Waals surface area contributed by atoms with Crippen molar-refractivity contribution in [2.24, 2.45) is 17.6 Å². The van der Waals surface area contributed by atoms with Crippen LogP contribution in [0.2, 0.25) is 0 Å². The molecule has 4 N–H and O–H groups in total. The molecule has 2 aromatic heterocycles.